The number of carbonyl (C=O) groups is 1. The van der Waals surface area contributed by atoms with E-state index in [9.17, 15) is 19.3 Å². The average Bonchev–Trinajstić information content (AvgIpc) is 2.30. The molecule has 1 aromatic rings. The third kappa shape index (κ3) is 3.13. The fraction of sp³-hybridized carbons (Fsp3) is 0.300. The van der Waals surface area contributed by atoms with Crippen LogP contribution in [0.4, 0.5) is 10.1 Å². The van der Waals surface area contributed by atoms with Crippen LogP contribution in [0.15, 0.2) is 18.2 Å². The molecule has 1 rings (SSSR count). The van der Waals surface area contributed by atoms with Crippen molar-refractivity contribution in [2.75, 3.05) is 7.11 Å². The molecule has 0 heterocycles. The van der Waals surface area contributed by atoms with Gasteiger partial charge in [-0.1, -0.05) is 0 Å². The quantitative estimate of drug-likeness (QED) is 0.456. The number of non-ortho nitro benzene ring substituents is 1. The summed E-state index contributed by atoms with van der Waals surface area (Å²) in [4.78, 5) is 20.7. The molecule has 0 radical (unpaired) electrons. The van der Waals surface area contributed by atoms with Gasteiger partial charge >= 0.3 is 5.97 Å². The summed E-state index contributed by atoms with van der Waals surface area (Å²) in [6.07, 6.45) is -0.990. The zero-order valence-electron chi connectivity index (χ0n) is 9.18. The van der Waals surface area contributed by atoms with E-state index in [0.29, 0.717) is 0 Å². The van der Waals surface area contributed by atoms with E-state index in [1.54, 1.807) is 0 Å². The summed E-state index contributed by atoms with van der Waals surface area (Å²) in [5, 5.41) is 10.4. The number of ether oxygens (including phenoxy) is 2. The number of methoxy groups -OCH3 is 1. The maximum atomic E-state index is 13.4. The van der Waals surface area contributed by atoms with Crippen LogP contribution < -0.4 is 4.74 Å². The van der Waals surface area contributed by atoms with Crippen molar-refractivity contribution in [1.29, 1.82) is 0 Å². The molecule has 0 unspecified atom stereocenters. The van der Waals surface area contributed by atoms with Crippen molar-refractivity contribution >= 4 is 11.7 Å². The highest BCUT2D eigenvalue weighted by Gasteiger charge is 2.18. The monoisotopic (exact) mass is 243 g/mol. The van der Waals surface area contributed by atoms with Crippen LogP contribution in [0.2, 0.25) is 0 Å². The zero-order chi connectivity index (χ0) is 13.0. The molecule has 7 heteroatoms. The van der Waals surface area contributed by atoms with Crippen molar-refractivity contribution in [3.05, 3.63) is 34.1 Å². The number of hydrogen-bond acceptors (Lipinski definition) is 5. The molecule has 1 aromatic carbocycles. The molecule has 0 aliphatic rings. The number of benzene rings is 1. The van der Waals surface area contributed by atoms with Crippen molar-refractivity contribution in [3.63, 3.8) is 0 Å². The smallest absolute Gasteiger partial charge is 0.346 e. The number of halogens is 1. The third-order valence-corrected chi connectivity index (χ3v) is 1.96. The minimum Gasteiger partial charge on any atom is -0.476 e. The van der Waals surface area contributed by atoms with Crippen LogP contribution in [0, 0.1) is 15.9 Å². The Bertz CT molecular complexity index is 448. The van der Waals surface area contributed by atoms with Gasteiger partial charge in [0.05, 0.1) is 18.1 Å². The Balaban J connectivity index is 2.86. The predicted octanol–water partition coefficient (Wildman–Crippen LogP) is 1.67. The van der Waals surface area contributed by atoms with E-state index in [1.807, 2.05) is 0 Å². The molecule has 0 spiro atoms. The second kappa shape index (κ2) is 5.24. The number of esters is 1. The van der Waals surface area contributed by atoms with Crippen molar-refractivity contribution in [3.8, 4) is 5.75 Å². The van der Waals surface area contributed by atoms with Crippen LogP contribution in [0.3, 0.4) is 0 Å². The molecule has 17 heavy (non-hydrogen) atoms. The lowest BCUT2D eigenvalue weighted by Crippen LogP contribution is -2.25. The van der Waals surface area contributed by atoms with Crippen molar-refractivity contribution in [2.45, 2.75) is 13.0 Å². The molecule has 6 nitrogen and oxygen atoms in total. The fourth-order valence-electron chi connectivity index (χ4n) is 1.10. The van der Waals surface area contributed by atoms with Gasteiger partial charge in [0.2, 0.25) is 0 Å². The van der Waals surface area contributed by atoms with Crippen LogP contribution in [-0.2, 0) is 9.53 Å². The maximum absolute atomic E-state index is 13.4. The second-order valence-electron chi connectivity index (χ2n) is 3.16. The van der Waals surface area contributed by atoms with Gasteiger partial charge in [-0.3, -0.25) is 10.1 Å². The average molecular weight is 243 g/mol. The van der Waals surface area contributed by atoms with Gasteiger partial charge in [0.25, 0.3) is 5.69 Å². The molecule has 92 valence electrons. The Hall–Kier alpha value is -2.18. The minimum atomic E-state index is -0.990. The summed E-state index contributed by atoms with van der Waals surface area (Å²) in [6.45, 7) is 1.38. The molecule has 0 fully saturated rings. The van der Waals surface area contributed by atoms with E-state index in [2.05, 4.69) is 4.74 Å². The number of nitro groups is 1. The van der Waals surface area contributed by atoms with Crippen LogP contribution in [0.1, 0.15) is 6.92 Å². The van der Waals surface area contributed by atoms with Crippen LogP contribution in [0.5, 0.6) is 5.75 Å². The highest BCUT2D eigenvalue weighted by atomic mass is 19.1. The van der Waals surface area contributed by atoms with Gasteiger partial charge in [0.1, 0.15) is 0 Å². The molecule has 0 saturated carbocycles. The third-order valence-electron chi connectivity index (χ3n) is 1.96. The van der Waals surface area contributed by atoms with Gasteiger partial charge in [-0.05, 0) is 13.0 Å². The summed E-state index contributed by atoms with van der Waals surface area (Å²) in [5.74, 6) is -1.81. The maximum Gasteiger partial charge on any atom is 0.346 e. The van der Waals surface area contributed by atoms with Crippen molar-refractivity contribution < 1.29 is 23.6 Å². The van der Waals surface area contributed by atoms with E-state index >= 15 is 0 Å². The lowest BCUT2D eigenvalue weighted by Gasteiger charge is -2.12. The topological polar surface area (TPSA) is 78.7 Å². The van der Waals surface area contributed by atoms with Gasteiger partial charge in [-0.2, -0.15) is 0 Å². The molecule has 0 saturated heterocycles. The zero-order valence-corrected chi connectivity index (χ0v) is 9.18. The number of hydrogen-bond donors (Lipinski definition) is 0. The Morgan fingerprint density at radius 3 is 2.65 bits per heavy atom. The van der Waals surface area contributed by atoms with Crippen LogP contribution in [0.25, 0.3) is 0 Å². The van der Waals surface area contributed by atoms with E-state index in [0.717, 1.165) is 18.2 Å². The SMILES string of the molecule is COC(=O)[C@H](C)Oc1ccc([N+](=O)[O-])cc1F. The lowest BCUT2D eigenvalue weighted by atomic mass is 10.3. The standard InChI is InChI=1S/C10H10FNO5/c1-6(10(13)16-2)17-9-4-3-7(12(14)15)5-8(9)11/h3-6H,1-2H3/t6-/m0/s1. The van der Waals surface area contributed by atoms with Gasteiger partial charge in [0, 0.05) is 6.07 Å². The molecular weight excluding hydrogens is 233 g/mol. The van der Waals surface area contributed by atoms with Crippen molar-refractivity contribution in [1.82, 2.24) is 0 Å². The molecule has 0 amide bonds. The Morgan fingerprint density at radius 2 is 2.18 bits per heavy atom. The number of rotatable bonds is 4. The first-order chi connectivity index (χ1) is 7.95. The fourth-order valence-corrected chi connectivity index (χ4v) is 1.10. The molecule has 0 aliphatic heterocycles. The van der Waals surface area contributed by atoms with Gasteiger partial charge in [-0.25, -0.2) is 9.18 Å². The first kappa shape index (κ1) is 12.9. The molecule has 0 aromatic heterocycles. The second-order valence-corrected chi connectivity index (χ2v) is 3.16. The molecule has 0 bridgehead atoms. The minimum absolute atomic E-state index is 0.242. The number of nitrogens with zero attached hydrogens (tertiary/aromatic N) is 1. The number of nitro benzene ring substituents is 1. The van der Waals surface area contributed by atoms with E-state index in [4.69, 9.17) is 4.74 Å². The Kier molecular flexibility index (Phi) is 3.97. The summed E-state index contributed by atoms with van der Waals surface area (Å²) < 4.78 is 22.7. The molecule has 0 aliphatic carbocycles. The first-order valence-corrected chi connectivity index (χ1v) is 4.64. The summed E-state index contributed by atoms with van der Waals surface area (Å²) in [7, 11) is 1.17. The summed E-state index contributed by atoms with van der Waals surface area (Å²) in [6, 6.07) is 2.90. The highest BCUT2D eigenvalue weighted by molar-refractivity contribution is 5.74. The highest BCUT2D eigenvalue weighted by Crippen LogP contribution is 2.23. The van der Waals surface area contributed by atoms with Gasteiger partial charge in [-0.15, -0.1) is 0 Å². The number of carbonyl (C=O) groups excluding carboxylic acids is 1. The molecular formula is C10H10FNO5. The van der Waals surface area contributed by atoms with Gasteiger partial charge < -0.3 is 9.47 Å². The molecule has 0 N–H and O–H groups in total. The summed E-state index contributed by atoms with van der Waals surface area (Å²) >= 11 is 0. The van der Waals surface area contributed by atoms with E-state index in [-0.39, 0.29) is 11.4 Å². The first-order valence-electron chi connectivity index (χ1n) is 4.64. The Morgan fingerprint density at radius 1 is 1.53 bits per heavy atom. The van der Waals surface area contributed by atoms with E-state index < -0.39 is 22.8 Å². The normalized spacial score (nSPS) is 11.7. The predicted molar refractivity (Wildman–Crippen MR) is 55.2 cm³/mol. The lowest BCUT2D eigenvalue weighted by molar-refractivity contribution is -0.385. The van der Waals surface area contributed by atoms with E-state index in [1.165, 1.54) is 14.0 Å². The van der Waals surface area contributed by atoms with Gasteiger partial charge in [0.15, 0.2) is 17.7 Å². The molecule has 1 atom stereocenters. The largest absolute Gasteiger partial charge is 0.476 e. The van der Waals surface area contributed by atoms with Crippen molar-refractivity contribution in [2.24, 2.45) is 0 Å². The van der Waals surface area contributed by atoms with Crippen LogP contribution >= 0.6 is 0 Å². The van der Waals surface area contributed by atoms with Crippen LogP contribution in [-0.4, -0.2) is 24.1 Å². The Labute approximate surface area is 96.1 Å². The summed E-state index contributed by atoms with van der Waals surface area (Å²) in [5.41, 5.74) is -0.388.